The van der Waals surface area contributed by atoms with E-state index in [2.05, 4.69) is 19.0 Å². The van der Waals surface area contributed by atoms with Crippen molar-refractivity contribution in [1.82, 2.24) is 4.90 Å². The van der Waals surface area contributed by atoms with E-state index in [9.17, 15) is 4.79 Å². The maximum atomic E-state index is 12.1. The van der Waals surface area contributed by atoms with E-state index in [4.69, 9.17) is 10.9 Å². The van der Waals surface area contributed by atoms with Gasteiger partial charge in [-0.25, -0.2) is 0 Å². The van der Waals surface area contributed by atoms with Crippen LogP contribution in [-0.2, 0) is 4.79 Å². The minimum atomic E-state index is -0.538. The molecule has 1 saturated heterocycles. The molecule has 5 nitrogen and oxygen atoms in total. The summed E-state index contributed by atoms with van der Waals surface area (Å²) in [5.41, 5.74) is 5.46. The third-order valence-electron chi connectivity index (χ3n) is 3.28. The Morgan fingerprint density at radius 2 is 2.12 bits per heavy atom. The van der Waals surface area contributed by atoms with Crippen LogP contribution in [-0.4, -0.2) is 34.4 Å². The molecule has 0 spiro atoms. The van der Waals surface area contributed by atoms with Gasteiger partial charge in [-0.2, -0.15) is 0 Å². The van der Waals surface area contributed by atoms with Crippen molar-refractivity contribution in [2.45, 2.75) is 39.7 Å². The van der Waals surface area contributed by atoms with E-state index >= 15 is 0 Å². The Labute approximate surface area is 96.3 Å². The SMILES string of the molecule is CC(C(=O)N1CCCC1C(C)C)C(N)=NO. The van der Waals surface area contributed by atoms with E-state index < -0.39 is 5.92 Å². The highest BCUT2D eigenvalue weighted by Crippen LogP contribution is 2.25. The molecule has 2 unspecified atom stereocenters. The predicted molar refractivity (Wildman–Crippen MR) is 62.1 cm³/mol. The van der Waals surface area contributed by atoms with E-state index in [1.165, 1.54) is 0 Å². The molecule has 0 aromatic heterocycles. The summed E-state index contributed by atoms with van der Waals surface area (Å²) >= 11 is 0. The highest BCUT2D eigenvalue weighted by atomic mass is 16.4. The fourth-order valence-electron chi connectivity index (χ4n) is 2.22. The fraction of sp³-hybridized carbons (Fsp3) is 0.818. The van der Waals surface area contributed by atoms with Crippen molar-refractivity contribution in [3.8, 4) is 0 Å². The summed E-state index contributed by atoms with van der Waals surface area (Å²) in [5.74, 6) is -0.138. The van der Waals surface area contributed by atoms with Crippen molar-refractivity contribution in [3.05, 3.63) is 0 Å². The standard InChI is InChI=1S/C11H21N3O2/c1-7(2)9-5-4-6-14(9)11(15)8(3)10(12)13-16/h7-9,16H,4-6H2,1-3H3,(H2,12,13). The molecule has 16 heavy (non-hydrogen) atoms. The fourth-order valence-corrected chi connectivity index (χ4v) is 2.22. The van der Waals surface area contributed by atoms with Gasteiger partial charge in [0.05, 0.1) is 5.92 Å². The maximum Gasteiger partial charge on any atom is 0.233 e. The number of nitrogens with two attached hydrogens (primary N) is 1. The van der Waals surface area contributed by atoms with Crippen LogP contribution in [0.1, 0.15) is 33.6 Å². The number of amidine groups is 1. The van der Waals surface area contributed by atoms with Gasteiger partial charge in [-0.3, -0.25) is 4.79 Å². The summed E-state index contributed by atoms with van der Waals surface area (Å²) in [6, 6.07) is 0.293. The number of nitrogens with zero attached hydrogens (tertiary/aromatic N) is 2. The zero-order valence-electron chi connectivity index (χ0n) is 10.2. The molecule has 0 aliphatic carbocycles. The molecule has 1 aliphatic rings. The molecule has 1 fully saturated rings. The lowest BCUT2D eigenvalue weighted by atomic mass is 10.0. The number of carbonyl (C=O) groups is 1. The van der Waals surface area contributed by atoms with E-state index in [-0.39, 0.29) is 11.7 Å². The van der Waals surface area contributed by atoms with Crippen LogP contribution in [0.2, 0.25) is 0 Å². The van der Waals surface area contributed by atoms with E-state index in [1.54, 1.807) is 6.92 Å². The largest absolute Gasteiger partial charge is 0.409 e. The molecule has 92 valence electrons. The first-order chi connectivity index (χ1) is 7.49. The molecular formula is C11H21N3O2. The Kier molecular flexibility index (Phi) is 4.15. The number of likely N-dealkylation sites (tertiary alicyclic amines) is 1. The van der Waals surface area contributed by atoms with E-state index in [0.717, 1.165) is 19.4 Å². The highest BCUT2D eigenvalue weighted by Gasteiger charge is 2.34. The molecule has 0 aromatic carbocycles. The van der Waals surface area contributed by atoms with Crippen LogP contribution in [0.4, 0.5) is 0 Å². The summed E-state index contributed by atoms with van der Waals surface area (Å²) in [7, 11) is 0. The molecule has 1 heterocycles. The summed E-state index contributed by atoms with van der Waals surface area (Å²) in [4.78, 5) is 14.0. The Morgan fingerprint density at radius 1 is 1.50 bits per heavy atom. The smallest absolute Gasteiger partial charge is 0.233 e. The maximum absolute atomic E-state index is 12.1. The number of oxime groups is 1. The van der Waals surface area contributed by atoms with Crippen LogP contribution in [0.3, 0.4) is 0 Å². The summed E-state index contributed by atoms with van der Waals surface area (Å²) < 4.78 is 0. The third-order valence-corrected chi connectivity index (χ3v) is 3.28. The molecule has 3 N–H and O–H groups in total. The average Bonchev–Trinajstić information content (AvgIpc) is 2.74. The summed E-state index contributed by atoms with van der Waals surface area (Å²) in [5, 5.41) is 11.5. The topological polar surface area (TPSA) is 78.9 Å². The van der Waals surface area contributed by atoms with Gasteiger partial charge in [0, 0.05) is 12.6 Å². The lowest BCUT2D eigenvalue weighted by Gasteiger charge is -2.29. The Morgan fingerprint density at radius 3 is 2.62 bits per heavy atom. The predicted octanol–water partition coefficient (Wildman–Crippen LogP) is 1.02. The lowest BCUT2D eigenvalue weighted by Crippen LogP contribution is -2.44. The number of carbonyl (C=O) groups excluding carboxylic acids is 1. The molecule has 1 rings (SSSR count). The lowest BCUT2D eigenvalue weighted by molar-refractivity contribution is -0.134. The number of amides is 1. The molecule has 1 amide bonds. The Bertz CT molecular complexity index is 289. The van der Waals surface area contributed by atoms with Gasteiger partial charge in [0.2, 0.25) is 5.91 Å². The van der Waals surface area contributed by atoms with Crippen molar-refractivity contribution in [3.63, 3.8) is 0 Å². The van der Waals surface area contributed by atoms with Crippen LogP contribution in [0, 0.1) is 11.8 Å². The Hall–Kier alpha value is -1.26. The Balaban J connectivity index is 2.73. The van der Waals surface area contributed by atoms with Crippen LogP contribution in [0.15, 0.2) is 5.16 Å². The highest BCUT2D eigenvalue weighted by molar-refractivity contribution is 6.01. The first kappa shape index (κ1) is 12.8. The second-order valence-electron chi connectivity index (χ2n) is 4.73. The zero-order valence-corrected chi connectivity index (χ0v) is 10.2. The zero-order chi connectivity index (χ0) is 12.3. The van der Waals surface area contributed by atoms with Gasteiger partial charge in [0.15, 0.2) is 5.84 Å². The second kappa shape index (κ2) is 5.18. The van der Waals surface area contributed by atoms with Crippen molar-refractivity contribution >= 4 is 11.7 Å². The van der Waals surface area contributed by atoms with Gasteiger partial charge < -0.3 is 15.8 Å². The van der Waals surface area contributed by atoms with Crippen molar-refractivity contribution < 1.29 is 10.0 Å². The minimum Gasteiger partial charge on any atom is -0.409 e. The third kappa shape index (κ3) is 2.46. The molecule has 1 aliphatic heterocycles. The average molecular weight is 227 g/mol. The monoisotopic (exact) mass is 227 g/mol. The molecular weight excluding hydrogens is 206 g/mol. The van der Waals surface area contributed by atoms with Crippen molar-refractivity contribution in [2.75, 3.05) is 6.54 Å². The molecule has 0 radical (unpaired) electrons. The van der Waals surface area contributed by atoms with Gasteiger partial charge in [-0.15, -0.1) is 0 Å². The van der Waals surface area contributed by atoms with Gasteiger partial charge in [0.1, 0.15) is 0 Å². The molecule has 0 bridgehead atoms. The van der Waals surface area contributed by atoms with Crippen LogP contribution >= 0.6 is 0 Å². The van der Waals surface area contributed by atoms with Crippen molar-refractivity contribution in [2.24, 2.45) is 22.7 Å². The second-order valence-corrected chi connectivity index (χ2v) is 4.73. The number of rotatable bonds is 3. The molecule has 5 heteroatoms. The first-order valence-electron chi connectivity index (χ1n) is 5.77. The first-order valence-corrected chi connectivity index (χ1v) is 5.77. The van der Waals surface area contributed by atoms with Gasteiger partial charge in [-0.1, -0.05) is 19.0 Å². The number of hydrogen-bond donors (Lipinski definition) is 2. The van der Waals surface area contributed by atoms with Crippen molar-refractivity contribution in [1.29, 1.82) is 0 Å². The van der Waals surface area contributed by atoms with E-state index in [0.29, 0.717) is 12.0 Å². The van der Waals surface area contributed by atoms with Crippen LogP contribution in [0.5, 0.6) is 0 Å². The van der Waals surface area contributed by atoms with Crippen LogP contribution < -0.4 is 5.73 Å². The van der Waals surface area contributed by atoms with Crippen LogP contribution in [0.25, 0.3) is 0 Å². The molecule has 2 atom stereocenters. The van der Waals surface area contributed by atoms with Gasteiger partial charge in [0.25, 0.3) is 0 Å². The quantitative estimate of drug-likeness (QED) is 0.327. The molecule has 0 aromatic rings. The number of hydrogen-bond acceptors (Lipinski definition) is 3. The minimum absolute atomic E-state index is 0.0144. The summed E-state index contributed by atoms with van der Waals surface area (Å²) in [6.07, 6.45) is 2.09. The van der Waals surface area contributed by atoms with E-state index in [1.807, 2.05) is 4.90 Å². The van der Waals surface area contributed by atoms with Gasteiger partial charge >= 0.3 is 0 Å². The summed E-state index contributed by atoms with van der Waals surface area (Å²) in [6.45, 7) is 6.69. The van der Waals surface area contributed by atoms with Gasteiger partial charge in [-0.05, 0) is 25.7 Å². The molecule has 0 saturated carbocycles. The normalized spacial score (nSPS) is 23.9.